The highest BCUT2D eigenvalue weighted by Crippen LogP contribution is 2.27. The van der Waals surface area contributed by atoms with Crippen molar-refractivity contribution < 1.29 is 19.1 Å². The molecular weight excluding hydrogens is 401 g/mol. The molecule has 7 heteroatoms. The van der Waals surface area contributed by atoms with Crippen LogP contribution in [0.25, 0.3) is 0 Å². The summed E-state index contributed by atoms with van der Waals surface area (Å²) in [6.45, 7) is 4.68. The SMILES string of the molecule is CC(C)COC(=O)c1ccc(NC(=O)CCCOc2ccc(Cl)cc2Cl)cc1. The summed E-state index contributed by atoms with van der Waals surface area (Å²) in [6.07, 6.45) is 0.827. The molecule has 0 atom stereocenters. The predicted molar refractivity (Wildman–Crippen MR) is 111 cm³/mol. The van der Waals surface area contributed by atoms with Crippen molar-refractivity contribution in [1.29, 1.82) is 0 Å². The first kappa shape index (κ1) is 22.1. The molecule has 0 aromatic heterocycles. The third-order valence-electron chi connectivity index (χ3n) is 3.65. The van der Waals surface area contributed by atoms with E-state index in [9.17, 15) is 9.59 Å². The van der Waals surface area contributed by atoms with E-state index in [1.807, 2.05) is 13.8 Å². The van der Waals surface area contributed by atoms with Crippen molar-refractivity contribution in [2.24, 2.45) is 5.92 Å². The molecule has 0 aliphatic heterocycles. The Bertz CT molecular complexity index is 807. The van der Waals surface area contributed by atoms with Crippen molar-refractivity contribution in [3.63, 3.8) is 0 Å². The molecule has 0 aliphatic carbocycles. The molecular formula is C21H23Cl2NO4. The Morgan fingerprint density at radius 1 is 1.07 bits per heavy atom. The predicted octanol–water partition coefficient (Wildman–Crippen LogP) is 5.60. The van der Waals surface area contributed by atoms with Gasteiger partial charge in [-0.1, -0.05) is 37.0 Å². The van der Waals surface area contributed by atoms with Gasteiger partial charge >= 0.3 is 5.97 Å². The lowest BCUT2D eigenvalue weighted by molar-refractivity contribution is -0.116. The Morgan fingerprint density at radius 3 is 2.43 bits per heavy atom. The third kappa shape index (κ3) is 7.41. The molecule has 2 aromatic rings. The van der Waals surface area contributed by atoms with E-state index in [1.54, 1.807) is 42.5 Å². The van der Waals surface area contributed by atoms with Crippen LogP contribution in [0.4, 0.5) is 5.69 Å². The fourth-order valence-electron chi connectivity index (χ4n) is 2.25. The molecule has 0 heterocycles. The Morgan fingerprint density at radius 2 is 1.79 bits per heavy atom. The topological polar surface area (TPSA) is 64.6 Å². The van der Waals surface area contributed by atoms with Gasteiger partial charge in [-0.05, 0) is 54.8 Å². The molecule has 5 nitrogen and oxygen atoms in total. The van der Waals surface area contributed by atoms with Gasteiger partial charge in [0.1, 0.15) is 5.75 Å². The smallest absolute Gasteiger partial charge is 0.338 e. The fourth-order valence-corrected chi connectivity index (χ4v) is 2.71. The zero-order valence-electron chi connectivity index (χ0n) is 15.8. The minimum atomic E-state index is -0.371. The number of anilines is 1. The van der Waals surface area contributed by atoms with Crippen LogP contribution < -0.4 is 10.1 Å². The van der Waals surface area contributed by atoms with Gasteiger partial charge in [-0.2, -0.15) is 0 Å². The molecule has 1 N–H and O–H groups in total. The summed E-state index contributed by atoms with van der Waals surface area (Å²) < 4.78 is 10.7. The van der Waals surface area contributed by atoms with Crippen molar-refractivity contribution in [3.8, 4) is 5.75 Å². The maximum absolute atomic E-state index is 12.0. The van der Waals surface area contributed by atoms with E-state index in [0.717, 1.165) is 0 Å². The summed E-state index contributed by atoms with van der Waals surface area (Å²) in [5.74, 6) is 0.305. The molecule has 2 aromatic carbocycles. The summed E-state index contributed by atoms with van der Waals surface area (Å²) in [6, 6.07) is 11.6. The number of esters is 1. The van der Waals surface area contributed by atoms with Crippen molar-refractivity contribution >= 4 is 40.8 Å². The molecule has 150 valence electrons. The summed E-state index contributed by atoms with van der Waals surface area (Å²) in [5, 5.41) is 3.76. The third-order valence-corrected chi connectivity index (χ3v) is 4.18. The van der Waals surface area contributed by atoms with E-state index < -0.39 is 0 Å². The number of carbonyl (C=O) groups excluding carboxylic acids is 2. The number of hydrogen-bond acceptors (Lipinski definition) is 4. The largest absolute Gasteiger partial charge is 0.492 e. The van der Waals surface area contributed by atoms with E-state index in [1.165, 1.54) is 0 Å². The Labute approximate surface area is 174 Å². The Hall–Kier alpha value is -2.24. The number of rotatable bonds is 9. The van der Waals surface area contributed by atoms with Crippen LogP contribution in [0.1, 0.15) is 37.0 Å². The van der Waals surface area contributed by atoms with Crippen LogP contribution in [-0.2, 0) is 9.53 Å². The molecule has 1 amide bonds. The highest BCUT2D eigenvalue weighted by molar-refractivity contribution is 6.35. The number of hydrogen-bond donors (Lipinski definition) is 1. The lowest BCUT2D eigenvalue weighted by Crippen LogP contribution is -2.13. The number of ether oxygens (including phenoxy) is 2. The molecule has 0 spiro atoms. The number of nitrogens with one attached hydrogen (secondary N) is 1. The normalized spacial score (nSPS) is 10.6. The average Bonchev–Trinajstić information content (AvgIpc) is 2.65. The first-order chi connectivity index (χ1) is 13.3. The number of halogens is 2. The second kappa shape index (κ2) is 10.9. The van der Waals surface area contributed by atoms with E-state index in [0.29, 0.717) is 53.1 Å². The summed E-state index contributed by atoms with van der Waals surface area (Å²) >= 11 is 11.9. The van der Waals surface area contributed by atoms with Gasteiger partial charge in [-0.3, -0.25) is 4.79 Å². The number of benzene rings is 2. The quantitative estimate of drug-likeness (QED) is 0.420. The monoisotopic (exact) mass is 423 g/mol. The second-order valence-electron chi connectivity index (χ2n) is 6.64. The highest BCUT2D eigenvalue weighted by Gasteiger charge is 2.09. The zero-order chi connectivity index (χ0) is 20.5. The van der Waals surface area contributed by atoms with Crippen LogP contribution in [0.15, 0.2) is 42.5 Å². The second-order valence-corrected chi connectivity index (χ2v) is 7.49. The lowest BCUT2D eigenvalue weighted by atomic mass is 10.2. The van der Waals surface area contributed by atoms with E-state index >= 15 is 0 Å². The zero-order valence-corrected chi connectivity index (χ0v) is 17.3. The maximum atomic E-state index is 12.0. The number of amides is 1. The van der Waals surface area contributed by atoms with Crippen LogP contribution >= 0.6 is 23.2 Å². The van der Waals surface area contributed by atoms with Gasteiger partial charge in [0.25, 0.3) is 0 Å². The van der Waals surface area contributed by atoms with Crippen molar-refractivity contribution in [1.82, 2.24) is 0 Å². The van der Waals surface area contributed by atoms with Crippen molar-refractivity contribution in [2.45, 2.75) is 26.7 Å². The van der Waals surface area contributed by atoms with Crippen molar-refractivity contribution in [3.05, 3.63) is 58.1 Å². The van der Waals surface area contributed by atoms with Gasteiger partial charge in [-0.25, -0.2) is 4.79 Å². The molecule has 0 unspecified atom stereocenters. The van der Waals surface area contributed by atoms with Gasteiger partial charge in [0.05, 0.1) is 23.8 Å². The van der Waals surface area contributed by atoms with Gasteiger partial charge in [-0.15, -0.1) is 0 Å². The maximum Gasteiger partial charge on any atom is 0.338 e. The van der Waals surface area contributed by atoms with Gasteiger partial charge in [0, 0.05) is 17.1 Å². The van der Waals surface area contributed by atoms with Crippen LogP contribution in [0.2, 0.25) is 10.0 Å². The Kier molecular flexibility index (Phi) is 8.61. The minimum absolute atomic E-state index is 0.138. The molecule has 28 heavy (non-hydrogen) atoms. The van der Waals surface area contributed by atoms with Gasteiger partial charge in [0.15, 0.2) is 0 Å². The first-order valence-corrected chi connectivity index (χ1v) is 9.75. The van der Waals surface area contributed by atoms with Gasteiger partial charge < -0.3 is 14.8 Å². The molecule has 0 bridgehead atoms. The molecule has 0 saturated heterocycles. The summed E-state index contributed by atoms with van der Waals surface area (Å²) in [5.41, 5.74) is 1.07. The van der Waals surface area contributed by atoms with Crippen LogP contribution in [0.3, 0.4) is 0 Å². The first-order valence-electron chi connectivity index (χ1n) is 9.00. The molecule has 2 rings (SSSR count). The van der Waals surface area contributed by atoms with E-state index in [-0.39, 0.29) is 17.8 Å². The fraction of sp³-hybridized carbons (Fsp3) is 0.333. The number of carbonyl (C=O) groups is 2. The Balaban J connectivity index is 1.73. The average molecular weight is 424 g/mol. The molecule has 0 radical (unpaired) electrons. The molecule has 0 aliphatic rings. The summed E-state index contributed by atoms with van der Waals surface area (Å²) in [4.78, 5) is 23.9. The lowest BCUT2D eigenvalue weighted by Gasteiger charge is -2.09. The van der Waals surface area contributed by atoms with E-state index in [2.05, 4.69) is 5.32 Å². The minimum Gasteiger partial charge on any atom is -0.492 e. The molecule has 0 fully saturated rings. The van der Waals surface area contributed by atoms with Crippen molar-refractivity contribution in [2.75, 3.05) is 18.5 Å². The van der Waals surface area contributed by atoms with Crippen LogP contribution in [-0.4, -0.2) is 25.1 Å². The summed E-state index contributed by atoms with van der Waals surface area (Å²) in [7, 11) is 0. The standard InChI is InChI=1S/C21H23Cl2NO4/c1-14(2)13-28-21(26)15-5-8-17(9-6-15)24-20(25)4-3-11-27-19-10-7-16(22)12-18(19)23/h5-10,12,14H,3-4,11,13H2,1-2H3,(H,24,25). The molecule has 0 saturated carbocycles. The van der Waals surface area contributed by atoms with Crippen LogP contribution in [0.5, 0.6) is 5.75 Å². The van der Waals surface area contributed by atoms with Crippen LogP contribution in [0, 0.1) is 5.92 Å². The highest BCUT2D eigenvalue weighted by atomic mass is 35.5. The van der Waals surface area contributed by atoms with E-state index in [4.69, 9.17) is 32.7 Å². The van der Waals surface area contributed by atoms with Gasteiger partial charge in [0.2, 0.25) is 5.91 Å².